The second-order valence-electron chi connectivity index (χ2n) is 4.63. The van der Waals surface area contributed by atoms with E-state index in [4.69, 9.17) is 21.4 Å². The fourth-order valence-electron chi connectivity index (χ4n) is 1.42. The Morgan fingerprint density at radius 2 is 2.05 bits per heavy atom. The molecule has 1 rings (SSSR count). The molecule has 1 aromatic rings. The van der Waals surface area contributed by atoms with Gasteiger partial charge in [0.25, 0.3) is 0 Å². The number of sulfonamides is 1. The lowest BCUT2D eigenvalue weighted by Crippen LogP contribution is -2.46. The van der Waals surface area contributed by atoms with E-state index in [2.05, 4.69) is 0 Å². The van der Waals surface area contributed by atoms with Crippen molar-refractivity contribution in [3.05, 3.63) is 28.8 Å². The van der Waals surface area contributed by atoms with E-state index in [1.807, 2.05) is 4.72 Å². The van der Waals surface area contributed by atoms with Gasteiger partial charge in [-0.15, -0.1) is 0 Å². The number of carbonyl (C=O) groups is 1. The maximum Gasteiger partial charge on any atom is 0.336 e. The topological polar surface area (TPSA) is 113 Å². The molecule has 0 radical (unpaired) electrons. The van der Waals surface area contributed by atoms with Crippen LogP contribution in [0.1, 0.15) is 12.5 Å². The average Bonchev–Trinajstić information content (AvgIpc) is 2.36. The SMILES string of the molecule is COCc1cc(Cl)cc(S(=O)(=O)NCC(C)(O)C(=O)O)c1. The number of hydrogen-bond donors (Lipinski definition) is 3. The van der Waals surface area contributed by atoms with E-state index in [0.717, 1.165) is 6.92 Å². The smallest absolute Gasteiger partial charge is 0.336 e. The first-order valence-electron chi connectivity index (χ1n) is 5.82. The minimum absolute atomic E-state index is 0.136. The summed E-state index contributed by atoms with van der Waals surface area (Å²) in [6, 6.07) is 4.13. The predicted octanol–water partition coefficient (Wildman–Crippen LogP) is 0.600. The molecule has 1 aromatic carbocycles. The normalized spacial score (nSPS) is 14.7. The lowest BCUT2D eigenvalue weighted by Gasteiger charge is -2.18. The third-order valence-corrected chi connectivity index (χ3v) is 4.22. The van der Waals surface area contributed by atoms with Crippen molar-refractivity contribution in [3.63, 3.8) is 0 Å². The van der Waals surface area contributed by atoms with Crippen LogP contribution in [-0.4, -0.2) is 43.9 Å². The molecule has 3 N–H and O–H groups in total. The highest BCUT2D eigenvalue weighted by atomic mass is 35.5. The van der Waals surface area contributed by atoms with Crippen LogP contribution in [0, 0.1) is 0 Å². The van der Waals surface area contributed by atoms with E-state index in [0.29, 0.717) is 5.56 Å². The van der Waals surface area contributed by atoms with Gasteiger partial charge in [-0.3, -0.25) is 0 Å². The summed E-state index contributed by atoms with van der Waals surface area (Å²) in [6.45, 7) is 0.499. The van der Waals surface area contributed by atoms with Gasteiger partial charge in [-0.25, -0.2) is 17.9 Å². The molecule has 0 aliphatic carbocycles. The highest BCUT2D eigenvalue weighted by Crippen LogP contribution is 2.20. The third-order valence-electron chi connectivity index (χ3n) is 2.62. The van der Waals surface area contributed by atoms with E-state index in [1.54, 1.807) is 6.07 Å². The maximum absolute atomic E-state index is 12.1. The lowest BCUT2D eigenvalue weighted by atomic mass is 10.1. The number of ether oxygens (including phenoxy) is 1. The quantitative estimate of drug-likeness (QED) is 0.671. The number of aliphatic carboxylic acids is 1. The second kappa shape index (κ2) is 6.71. The van der Waals surface area contributed by atoms with E-state index < -0.39 is 28.1 Å². The molecule has 118 valence electrons. The van der Waals surface area contributed by atoms with Crippen molar-refractivity contribution in [1.29, 1.82) is 0 Å². The summed E-state index contributed by atoms with van der Waals surface area (Å²) in [4.78, 5) is 10.6. The van der Waals surface area contributed by atoms with E-state index in [9.17, 15) is 18.3 Å². The molecule has 0 aliphatic heterocycles. The van der Waals surface area contributed by atoms with Crippen molar-refractivity contribution in [2.24, 2.45) is 0 Å². The van der Waals surface area contributed by atoms with Crippen LogP contribution in [0.4, 0.5) is 0 Å². The fraction of sp³-hybridized carbons (Fsp3) is 0.417. The van der Waals surface area contributed by atoms with Gasteiger partial charge in [0.2, 0.25) is 10.0 Å². The number of rotatable bonds is 7. The van der Waals surface area contributed by atoms with Gasteiger partial charge in [0, 0.05) is 12.1 Å². The Morgan fingerprint density at radius 3 is 2.57 bits per heavy atom. The number of aliphatic hydroxyl groups is 1. The van der Waals surface area contributed by atoms with Gasteiger partial charge in [-0.1, -0.05) is 11.6 Å². The van der Waals surface area contributed by atoms with Crippen LogP contribution in [-0.2, 0) is 26.2 Å². The molecule has 0 aromatic heterocycles. The van der Waals surface area contributed by atoms with Crippen molar-refractivity contribution in [3.8, 4) is 0 Å². The molecule has 1 atom stereocenters. The number of nitrogens with one attached hydrogen (secondary N) is 1. The van der Waals surface area contributed by atoms with Crippen molar-refractivity contribution < 1.29 is 28.2 Å². The Morgan fingerprint density at radius 1 is 1.43 bits per heavy atom. The monoisotopic (exact) mass is 337 g/mol. The van der Waals surface area contributed by atoms with Crippen LogP contribution in [0.25, 0.3) is 0 Å². The fourth-order valence-corrected chi connectivity index (χ4v) is 2.97. The molecule has 0 bridgehead atoms. The van der Waals surface area contributed by atoms with Gasteiger partial charge < -0.3 is 14.9 Å². The van der Waals surface area contributed by atoms with Crippen LogP contribution in [0.5, 0.6) is 0 Å². The summed E-state index contributed by atoms with van der Waals surface area (Å²) in [7, 11) is -2.55. The van der Waals surface area contributed by atoms with Crippen LogP contribution in [0.3, 0.4) is 0 Å². The average molecular weight is 338 g/mol. The molecule has 9 heteroatoms. The summed E-state index contributed by atoms with van der Waals surface area (Å²) in [5.41, 5.74) is -1.66. The van der Waals surface area contributed by atoms with Gasteiger partial charge in [0.15, 0.2) is 5.60 Å². The first kappa shape index (κ1) is 17.9. The van der Waals surface area contributed by atoms with Crippen molar-refractivity contribution in [1.82, 2.24) is 4.72 Å². The molecule has 0 amide bonds. The summed E-state index contributed by atoms with van der Waals surface area (Å²) >= 11 is 5.84. The Bertz CT molecular complexity index is 629. The Labute approximate surface area is 127 Å². The lowest BCUT2D eigenvalue weighted by molar-refractivity contribution is -0.155. The van der Waals surface area contributed by atoms with Crippen molar-refractivity contribution in [2.45, 2.75) is 24.0 Å². The van der Waals surface area contributed by atoms with Gasteiger partial charge in [0.05, 0.1) is 18.0 Å². The summed E-state index contributed by atoms with van der Waals surface area (Å²) in [5, 5.41) is 18.5. The molecule has 0 fully saturated rings. The zero-order valence-electron chi connectivity index (χ0n) is 11.5. The molecule has 0 saturated heterocycles. The highest BCUT2D eigenvalue weighted by Gasteiger charge is 2.31. The zero-order valence-corrected chi connectivity index (χ0v) is 13.0. The summed E-state index contributed by atoms with van der Waals surface area (Å²) in [5.74, 6) is -1.53. The highest BCUT2D eigenvalue weighted by molar-refractivity contribution is 7.89. The van der Waals surface area contributed by atoms with E-state index >= 15 is 0 Å². The number of hydrogen-bond acceptors (Lipinski definition) is 5. The summed E-state index contributed by atoms with van der Waals surface area (Å²) < 4.78 is 31.1. The van der Waals surface area contributed by atoms with Gasteiger partial charge in [-0.2, -0.15) is 0 Å². The molecule has 21 heavy (non-hydrogen) atoms. The molecule has 0 aliphatic rings. The standard InChI is InChI=1S/C12H16ClNO6S/c1-12(17,11(15)16)7-14-21(18,19)10-4-8(6-20-2)3-9(13)5-10/h3-5,14,17H,6-7H2,1-2H3,(H,15,16). The van der Waals surface area contributed by atoms with Gasteiger partial charge in [0.1, 0.15) is 0 Å². The van der Waals surface area contributed by atoms with Crippen molar-refractivity contribution in [2.75, 3.05) is 13.7 Å². The van der Waals surface area contributed by atoms with Gasteiger partial charge in [-0.05, 0) is 30.7 Å². The number of carboxylic acid groups (broad SMARTS) is 1. The number of methoxy groups -OCH3 is 1. The summed E-state index contributed by atoms with van der Waals surface area (Å²) in [6.07, 6.45) is 0. The minimum atomic E-state index is -4.00. The maximum atomic E-state index is 12.1. The molecular weight excluding hydrogens is 322 g/mol. The molecule has 1 unspecified atom stereocenters. The first-order valence-corrected chi connectivity index (χ1v) is 7.68. The molecule has 0 heterocycles. The molecule has 0 saturated carbocycles. The minimum Gasteiger partial charge on any atom is -0.479 e. The van der Waals surface area contributed by atoms with Crippen LogP contribution < -0.4 is 4.72 Å². The van der Waals surface area contributed by atoms with Crippen LogP contribution >= 0.6 is 11.6 Å². The van der Waals surface area contributed by atoms with Crippen LogP contribution in [0.15, 0.2) is 23.1 Å². The zero-order chi connectivity index (χ0) is 16.3. The Kier molecular flexibility index (Phi) is 5.71. The number of halogens is 1. The predicted molar refractivity (Wildman–Crippen MR) is 75.6 cm³/mol. The van der Waals surface area contributed by atoms with E-state index in [1.165, 1.54) is 19.2 Å². The largest absolute Gasteiger partial charge is 0.479 e. The first-order chi connectivity index (χ1) is 9.58. The van der Waals surface area contributed by atoms with E-state index in [-0.39, 0.29) is 16.5 Å². The van der Waals surface area contributed by atoms with Gasteiger partial charge >= 0.3 is 5.97 Å². The van der Waals surface area contributed by atoms with Crippen molar-refractivity contribution >= 4 is 27.6 Å². The number of carboxylic acids is 1. The number of benzene rings is 1. The van der Waals surface area contributed by atoms with Crippen LogP contribution in [0.2, 0.25) is 5.02 Å². The molecule has 7 nitrogen and oxygen atoms in total. The third kappa shape index (κ3) is 4.94. The molecular formula is C12H16ClNO6S. The molecule has 0 spiro atoms. The Balaban J connectivity index is 3.00. The Hall–Kier alpha value is -1.19. The second-order valence-corrected chi connectivity index (χ2v) is 6.84.